The molecule has 1 aromatic heterocycles. The summed E-state index contributed by atoms with van der Waals surface area (Å²) in [5, 5.41) is 3.41. The average molecular weight is 305 g/mol. The Morgan fingerprint density at radius 2 is 1.86 bits per heavy atom. The van der Waals surface area contributed by atoms with E-state index >= 15 is 0 Å². The summed E-state index contributed by atoms with van der Waals surface area (Å²) in [5.41, 5.74) is 1.23. The van der Waals surface area contributed by atoms with E-state index in [0.29, 0.717) is 6.04 Å². The molecule has 1 aromatic carbocycles. The fourth-order valence-corrected chi connectivity index (χ4v) is 3.42. The van der Waals surface area contributed by atoms with Crippen LogP contribution in [0.4, 0.5) is 0 Å². The highest BCUT2D eigenvalue weighted by molar-refractivity contribution is 7.12. The average Bonchev–Trinajstić information content (AvgIpc) is 3.01. The number of hydrogen-bond acceptors (Lipinski definition) is 4. The van der Waals surface area contributed by atoms with Crippen LogP contribution in [0.3, 0.4) is 0 Å². The van der Waals surface area contributed by atoms with E-state index in [9.17, 15) is 0 Å². The van der Waals surface area contributed by atoms with E-state index in [-0.39, 0.29) is 0 Å². The molecule has 1 atom stereocenters. The van der Waals surface area contributed by atoms with Gasteiger partial charge < -0.3 is 14.8 Å². The Kier molecular flexibility index (Phi) is 5.65. The summed E-state index contributed by atoms with van der Waals surface area (Å²) in [6, 6.07) is 10.9. The summed E-state index contributed by atoms with van der Waals surface area (Å²) in [7, 11) is 5.34. The minimum Gasteiger partial charge on any atom is -0.493 e. The van der Waals surface area contributed by atoms with Crippen LogP contribution in [0.5, 0.6) is 11.5 Å². The topological polar surface area (TPSA) is 30.5 Å². The van der Waals surface area contributed by atoms with Gasteiger partial charge in [0.1, 0.15) is 0 Å². The second-order valence-electron chi connectivity index (χ2n) is 4.89. The largest absolute Gasteiger partial charge is 0.493 e. The van der Waals surface area contributed by atoms with Crippen molar-refractivity contribution in [2.75, 3.05) is 21.3 Å². The van der Waals surface area contributed by atoms with E-state index in [2.05, 4.69) is 36.5 Å². The number of benzene rings is 1. The molecule has 1 unspecified atom stereocenters. The van der Waals surface area contributed by atoms with Crippen LogP contribution in [0.15, 0.2) is 30.3 Å². The molecular weight excluding hydrogens is 282 g/mol. The fourth-order valence-electron chi connectivity index (χ4n) is 2.36. The lowest BCUT2D eigenvalue weighted by atomic mass is 10.0. The smallest absolute Gasteiger partial charge is 0.160 e. The first-order valence-electron chi connectivity index (χ1n) is 7.18. The molecule has 0 aliphatic rings. The first kappa shape index (κ1) is 15.9. The number of nitrogens with one attached hydrogen (secondary N) is 1. The van der Waals surface area contributed by atoms with Gasteiger partial charge in [-0.15, -0.1) is 11.3 Å². The van der Waals surface area contributed by atoms with E-state index < -0.39 is 0 Å². The molecule has 3 nitrogen and oxygen atoms in total. The highest BCUT2D eigenvalue weighted by atomic mass is 32.1. The van der Waals surface area contributed by atoms with Crippen LogP contribution in [0.25, 0.3) is 0 Å². The van der Waals surface area contributed by atoms with Gasteiger partial charge in [0.05, 0.1) is 14.2 Å². The third-order valence-corrected chi connectivity index (χ3v) is 4.95. The molecule has 2 rings (SSSR count). The van der Waals surface area contributed by atoms with Crippen LogP contribution in [0.1, 0.15) is 28.3 Å². The zero-order valence-corrected chi connectivity index (χ0v) is 13.9. The molecule has 1 heterocycles. The molecule has 1 N–H and O–H groups in total. The van der Waals surface area contributed by atoms with Gasteiger partial charge in [-0.25, -0.2) is 0 Å². The summed E-state index contributed by atoms with van der Waals surface area (Å²) >= 11 is 1.88. The van der Waals surface area contributed by atoms with Gasteiger partial charge >= 0.3 is 0 Å². The van der Waals surface area contributed by atoms with Crippen molar-refractivity contribution in [1.29, 1.82) is 0 Å². The summed E-state index contributed by atoms with van der Waals surface area (Å²) in [4.78, 5) is 2.81. The summed E-state index contributed by atoms with van der Waals surface area (Å²) < 4.78 is 10.7. The molecule has 4 heteroatoms. The van der Waals surface area contributed by atoms with Crippen molar-refractivity contribution in [2.24, 2.45) is 0 Å². The van der Waals surface area contributed by atoms with Gasteiger partial charge in [0, 0.05) is 15.8 Å². The summed E-state index contributed by atoms with van der Waals surface area (Å²) in [6.07, 6.45) is 2.03. The molecular formula is C17H23NO2S. The number of rotatable bonds is 7. The van der Waals surface area contributed by atoms with Gasteiger partial charge in [-0.3, -0.25) is 0 Å². The van der Waals surface area contributed by atoms with E-state index in [1.807, 2.05) is 24.5 Å². The summed E-state index contributed by atoms with van der Waals surface area (Å²) in [6.45, 7) is 2.19. The molecule has 2 aromatic rings. The predicted octanol–water partition coefficient (Wildman–Crippen LogP) is 3.83. The van der Waals surface area contributed by atoms with Gasteiger partial charge in [0.25, 0.3) is 0 Å². The molecule has 0 amide bonds. The van der Waals surface area contributed by atoms with Crippen LogP contribution in [0, 0.1) is 0 Å². The molecule has 0 aliphatic heterocycles. The Balaban J connectivity index is 2.18. The SMILES string of the molecule is CCc1ccc(C(Cc2ccc(OC)c(OC)c2)NC)s1. The molecule has 21 heavy (non-hydrogen) atoms. The maximum atomic E-state index is 5.38. The Morgan fingerprint density at radius 1 is 1.10 bits per heavy atom. The van der Waals surface area contributed by atoms with Crippen molar-refractivity contribution < 1.29 is 9.47 Å². The molecule has 0 aliphatic carbocycles. The second-order valence-corrected chi connectivity index (χ2v) is 6.09. The first-order chi connectivity index (χ1) is 10.2. The number of thiophene rings is 1. The van der Waals surface area contributed by atoms with Gasteiger partial charge in [-0.1, -0.05) is 13.0 Å². The minimum absolute atomic E-state index is 0.327. The Bertz CT molecular complexity index is 580. The molecule has 0 saturated carbocycles. The van der Waals surface area contributed by atoms with Gasteiger partial charge in [-0.2, -0.15) is 0 Å². The minimum atomic E-state index is 0.327. The third kappa shape index (κ3) is 3.77. The lowest BCUT2D eigenvalue weighted by Gasteiger charge is -2.16. The standard InChI is InChI=1S/C17H23NO2S/c1-5-13-7-9-17(21-13)14(18-2)10-12-6-8-15(19-3)16(11-12)20-4/h6-9,11,14,18H,5,10H2,1-4H3. The number of ether oxygens (including phenoxy) is 2. The number of aryl methyl sites for hydroxylation is 1. The van der Waals surface area contributed by atoms with Crippen molar-refractivity contribution in [3.05, 3.63) is 45.6 Å². The lowest BCUT2D eigenvalue weighted by Crippen LogP contribution is -2.17. The lowest BCUT2D eigenvalue weighted by molar-refractivity contribution is 0.354. The van der Waals surface area contributed by atoms with E-state index in [0.717, 1.165) is 24.3 Å². The van der Waals surface area contributed by atoms with Gasteiger partial charge in [0.2, 0.25) is 0 Å². The molecule has 0 saturated heterocycles. The van der Waals surface area contributed by atoms with Crippen LogP contribution in [0.2, 0.25) is 0 Å². The highest BCUT2D eigenvalue weighted by Gasteiger charge is 2.14. The van der Waals surface area contributed by atoms with E-state index in [4.69, 9.17) is 9.47 Å². The van der Waals surface area contributed by atoms with Crippen molar-refractivity contribution in [3.63, 3.8) is 0 Å². The zero-order chi connectivity index (χ0) is 15.2. The quantitative estimate of drug-likeness (QED) is 0.843. The van der Waals surface area contributed by atoms with Crippen LogP contribution in [-0.4, -0.2) is 21.3 Å². The maximum absolute atomic E-state index is 5.38. The Morgan fingerprint density at radius 3 is 2.43 bits per heavy atom. The zero-order valence-electron chi connectivity index (χ0n) is 13.1. The highest BCUT2D eigenvalue weighted by Crippen LogP contribution is 2.31. The summed E-state index contributed by atoms with van der Waals surface area (Å²) in [5.74, 6) is 1.55. The number of methoxy groups -OCH3 is 2. The maximum Gasteiger partial charge on any atom is 0.160 e. The van der Waals surface area contributed by atoms with Crippen molar-refractivity contribution in [1.82, 2.24) is 5.32 Å². The third-order valence-electron chi connectivity index (χ3n) is 3.61. The van der Waals surface area contributed by atoms with Crippen molar-refractivity contribution in [2.45, 2.75) is 25.8 Å². The van der Waals surface area contributed by atoms with Gasteiger partial charge in [-0.05, 0) is 49.7 Å². The van der Waals surface area contributed by atoms with Gasteiger partial charge in [0.15, 0.2) is 11.5 Å². The second kappa shape index (κ2) is 7.48. The van der Waals surface area contributed by atoms with Crippen LogP contribution < -0.4 is 14.8 Å². The van der Waals surface area contributed by atoms with Crippen LogP contribution >= 0.6 is 11.3 Å². The van der Waals surface area contributed by atoms with Crippen molar-refractivity contribution in [3.8, 4) is 11.5 Å². The number of hydrogen-bond donors (Lipinski definition) is 1. The first-order valence-corrected chi connectivity index (χ1v) is 8.00. The molecule has 114 valence electrons. The Labute approximate surface area is 130 Å². The molecule has 0 radical (unpaired) electrons. The fraction of sp³-hybridized carbons (Fsp3) is 0.412. The molecule has 0 fully saturated rings. The van der Waals surface area contributed by atoms with Crippen molar-refractivity contribution >= 4 is 11.3 Å². The molecule has 0 bridgehead atoms. The van der Waals surface area contributed by atoms with E-state index in [1.54, 1.807) is 14.2 Å². The number of likely N-dealkylation sites (N-methyl/N-ethyl adjacent to an activating group) is 1. The normalized spacial score (nSPS) is 12.2. The Hall–Kier alpha value is -1.52. The monoisotopic (exact) mass is 305 g/mol. The molecule has 0 spiro atoms. The predicted molar refractivity (Wildman–Crippen MR) is 88.7 cm³/mol. The van der Waals surface area contributed by atoms with E-state index in [1.165, 1.54) is 15.3 Å². The van der Waals surface area contributed by atoms with Crippen LogP contribution in [-0.2, 0) is 12.8 Å².